The third kappa shape index (κ3) is 2.90. The summed E-state index contributed by atoms with van der Waals surface area (Å²) in [6, 6.07) is 1.11. The fourth-order valence-corrected chi connectivity index (χ4v) is 1.46. The van der Waals surface area contributed by atoms with E-state index in [4.69, 9.17) is 10.8 Å². The second-order valence-electron chi connectivity index (χ2n) is 3.04. The standard InChI is InChI=1S/C9H9BrFNO3/c10-5-1-4(2-7(12)9(14)15)8(13)3-6(5)11/h1,3,7,13H,2,12H2,(H,14,15). The lowest BCUT2D eigenvalue weighted by molar-refractivity contribution is -0.138. The van der Waals surface area contributed by atoms with Crippen molar-refractivity contribution in [3.8, 4) is 5.75 Å². The maximum Gasteiger partial charge on any atom is 0.320 e. The van der Waals surface area contributed by atoms with Gasteiger partial charge in [0.05, 0.1) is 4.47 Å². The lowest BCUT2D eigenvalue weighted by Crippen LogP contribution is -2.32. The van der Waals surface area contributed by atoms with E-state index in [1.54, 1.807) is 0 Å². The van der Waals surface area contributed by atoms with Crippen LogP contribution in [0.5, 0.6) is 5.75 Å². The number of aliphatic carboxylic acids is 1. The first-order valence-corrected chi connectivity index (χ1v) is 4.86. The molecule has 0 saturated heterocycles. The van der Waals surface area contributed by atoms with Crippen LogP contribution in [0, 0.1) is 5.82 Å². The SMILES string of the molecule is NC(Cc1cc(Br)c(F)cc1O)C(=O)O. The van der Waals surface area contributed by atoms with Crippen molar-refractivity contribution < 1.29 is 19.4 Å². The molecule has 82 valence electrons. The third-order valence-electron chi connectivity index (χ3n) is 1.88. The summed E-state index contributed by atoms with van der Waals surface area (Å²) < 4.78 is 13.1. The van der Waals surface area contributed by atoms with Crippen molar-refractivity contribution in [3.05, 3.63) is 28.0 Å². The summed E-state index contributed by atoms with van der Waals surface area (Å²) in [6.45, 7) is 0. The fraction of sp³-hybridized carbons (Fsp3) is 0.222. The van der Waals surface area contributed by atoms with Crippen LogP contribution in [0.3, 0.4) is 0 Å². The number of aromatic hydroxyl groups is 1. The predicted octanol–water partition coefficient (Wildman–Crippen LogP) is 1.25. The molecule has 0 heterocycles. The van der Waals surface area contributed by atoms with Gasteiger partial charge in [-0.25, -0.2) is 4.39 Å². The normalized spacial score (nSPS) is 12.5. The van der Waals surface area contributed by atoms with Crippen molar-refractivity contribution in [2.45, 2.75) is 12.5 Å². The van der Waals surface area contributed by atoms with Crippen molar-refractivity contribution in [2.24, 2.45) is 5.73 Å². The van der Waals surface area contributed by atoms with Crippen LogP contribution in [-0.2, 0) is 11.2 Å². The molecule has 1 rings (SSSR count). The van der Waals surface area contributed by atoms with Gasteiger partial charge in [-0.15, -0.1) is 0 Å². The fourth-order valence-electron chi connectivity index (χ4n) is 1.07. The molecule has 0 aliphatic carbocycles. The highest BCUT2D eigenvalue weighted by molar-refractivity contribution is 9.10. The van der Waals surface area contributed by atoms with Gasteiger partial charge in [-0.2, -0.15) is 0 Å². The van der Waals surface area contributed by atoms with Gasteiger partial charge in [0.2, 0.25) is 0 Å². The van der Waals surface area contributed by atoms with Crippen molar-refractivity contribution in [2.75, 3.05) is 0 Å². The third-order valence-corrected chi connectivity index (χ3v) is 2.49. The topological polar surface area (TPSA) is 83.5 Å². The first-order valence-electron chi connectivity index (χ1n) is 4.07. The molecule has 1 aromatic carbocycles. The molecule has 0 radical (unpaired) electrons. The van der Waals surface area contributed by atoms with Crippen LogP contribution in [0.2, 0.25) is 0 Å². The molecule has 6 heteroatoms. The Kier molecular flexibility index (Phi) is 3.65. The van der Waals surface area contributed by atoms with Crippen molar-refractivity contribution in [1.82, 2.24) is 0 Å². The van der Waals surface area contributed by atoms with Gasteiger partial charge in [-0.3, -0.25) is 4.79 Å². The Morgan fingerprint density at radius 1 is 1.60 bits per heavy atom. The Morgan fingerprint density at radius 2 is 2.20 bits per heavy atom. The second-order valence-corrected chi connectivity index (χ2v) is 3.90. The highest BCUT2D eigenvalue weighted by Crippen LogP contribution is 2.26. The van der Waals surface area contributed by atoms with E-state index in [-0.39, 0.29) is 22.2 Å². The van der Waals surface area contributed by atoms with E-state index in [1.165, 1.54) is 6.07 Å². The molecule has 0 saturated carbocycles. The monoisotopic (exact) mass is 277 g/mol. The van der Waals surface area contributed by atoms with E-state index in [9.17, 15) is 14.3 Å². The first kappa shape index (κ1) is 11.9. The van der Waals surface area contributed by atoms with Gasteiger partial charge in [0.1, 0.15) is 17.6 Å². The minimum atomic E-state index is -1.17. The zero-order valence-corrected chi connectivity index (χ0v) is 9.16. The minimum Gasteiger partial charge on any atom is -0.508 e. The number of carboxylic acid groups (broad SMARTS) is 1. The molecule has 4 N–H and O–H groups in total. The molecular formula is C9H9BrFNO3. The maximum atomic E-state index is 12.9. The van der Waals surface area contributed by atoms with E-state index >= 15 is 0 Å². The summed E-state index contributed by atoms with van der Waals surface area (Å²) in [7, 11) is 0. The van der Waals surface area contributed by atoms with Crippen LogP contribution in [-0.4, -0.2) is 22.2 Å². The van der Waals surface area contributed by atoms with E-state index in [2.05, 4.69) is 15.9 Å². The predicted molar refractivity (Wildman–Crippen MR) is 55.1 cm³/mol. The average molecular weight is 278 g/mol. The molecule has 0 amide bonds. The number of hydrogen-bond acceptors (Lipinski definition) is 3. The summed E-state index contributed by atoms with van der Waals surface area (Å²) in [5.74, 6) is -2.08. The number of phenolic OH excluding ortho intramolecular Hbond substituents is 1. The van der Waals surface area contributed by atoms with Crippen LogP contribution in [0.4, 0.5) is 4.39 Å². The summed E-state index contributed by atoms with van der Waals surface area (Å²) in [5.41, 5.74) is 5.58. The molecule has 1 atom stereocenters. The Balaban J connectivity index is 2.95. The summed E-state index contributed by atoms with van der Waals surface area (Å²) >= 11 is 2.93. The number of halogens is 2. The van der Waals surface area contributed by atoms with Gasteiger partial charge in [-0.05, 0) is 27.6 Å². The molecule has 4 nitrogen and oxygen atoms in total. The number of hydrogen-bond donors (Lipinski definition) is 3. The average Bonchev–Trinajstić information content (AvgIpc) is 2.13. The van der Waals surface area contributed by atoms with Gasteiger partial charge >= 0.3 is 5.97 Å². The molecule has 1 unspecified atom stereocenters. The van der Waals surface area contributed by atoms with Crippen molar-refractivity contribution in [1.29, 1.82) is 0 Å². The van der Waals surface area contributed by atoms with Crippen LogP contribution in [0.15, 0.2) is 16.6 Å². The lowest BCUT2D eigenvalue weighted by Gasteiger charge is -2.09. The highest BCUT2D eigenvalue weighted by Gasteiger charge is 2.16. The smallest absolute Gasteiger partial charge is 0.320 e. The van der Waals surface area contributed by atoms with Crippen LogP contribution in [0.1, 0.15) is 5.56 Å². The molecule has 0 aliphatic rings. The minimum absolute atomic E-state index is 0.0555. The van der Waals surface area contributed by atoms with E-state index in [0.29, 0.717) is 0 Å². The summed E-state index contributed by atoms with van der Waals surface area (Å²) in [5, 5.41) is 17.9. The van der Waals surface area contributed by atoms with Crippen LogP contribution in [0.25, 0.3) is 0 Å². The molecule has 15 heavy (non-hydrogen) atoms. The Hall–Kier alpha value is -1.14. The van der Waals surface area contributed by atoms with Crippen LogP contribution >= 0.6 is 15.9 Å². The van der Waals surface area contributed by atoms with Gasteiger partial charge in [0.15, 0.2) is 0 Å². The number of carboxylic acids is 1. The number of benzene rings is 1. The summed E-state index contributed by atoms with van der Waals surface area (Å²) in [4.78, 5) is 10.5. The van der Waals surface area contributed by atoms with Gasteiger partial charge < -0.3 is 15.9 Å². The molecule has 1 aromatic rings. The van der Waals surface area contributed by atoms with Crippen molar-refractivity contribution >= 4 is 21.9 Å². The largest absolute Gasteiger partial charge is 0.508 e. The van der Waals surface area contributed by atoms with Gasteiger partial charge in [0.25, 0.3) is 0 Å². The zero-order valence-electron chi connectivity index (χ0n) is 7.58. The maximum absolute atomic E-state index is 12.9. The molecule has 0 aliphatic heterocycles. The Labute approximate surface area is 93.6 Å². The van der Waals surface area contributed by atoms with Gasteiger partial charge in [-0.1, -0.05) is 0 Å². The number of nitrogens with two attached hydrogens (primary N) is 1. The molecule has 0 fully saturated rings. The second kappa shape index (κ2) is 4.59. The number of phenols is 1. The zero-order chi connectivity index (χ0) is 11.6. The lowest BCUT2D eigenvalue weighted by atomic mass is 10.1. The van der Waals surface area contributed by atoms with E-state index in [1.807, 2.05) is 0 Å². The van der Waals surface area contributed by atoms with Gasteiger partial charge in [0, 0.05) is 12.5 Å². The first-order chi connectivity index (χ1) is 6.91. The van der Waals surface area contributed by atoms with Crippen molar-refractivity contribution in [3.63, 3.8) is 0 Å². The van der Waals surface area contributed by atoms with E-state index < -0.39 is 17.8 Å². The Morgan fingerprint density at radius 3 is 2.73 bits per heavy atom. The molecular weight excluding hydrogens is 269 g/mol. The molecule has 0 bridgehead atoms. The molecule has 0 spiro atoms. The van der Waals surface area contributed by atoms with Crippen LogP contribution < -0.4 is 5.73 Å². The Bertz CT molecular complexity index is 397. The number of carbonyl (C=O) groups is 1. The quantitative estimate of drug-likeness (QED) is 0.777. The number of rotatable bonds is 3. The molecule has 0 aromatic heterocycles. The van der Waals surface area contributed by atoms with E-state index in [0.717, 1.165) is 6.07 Å². The highest BCUT2D eigenvalue weighted by atomic mass is 79.9. The summed E-state index contributed by atoms with van der Waals surface area (Å²) in [6.07, 6.45) is -0.0555.